The third kappa shape index (κ3) is 11.0. The third-order valence-electron chi connectivity index (χ3n) is 1.57. The van der Waals surface area contributed by atoms with Crippen molar-refractivity contribution >= 4 is 51.8 Å². The molecule has 0 spiro atoms. The van der Waals surface area contributed by atoms with Crippen molar-refractivity contribution in [2.45, 2.75) is 45.4 Å². The van der Waals surface area contributed by atoms with Crippen LogP contribution in [0.25, 0.3) is 0 Å². The molecule has 0 bridgehead atoms. The monoisotopic (exact) mass is 246 g/mol. The molecule has 0 heterocycles. The summed E-state index contributed by atoms with van der Waals surface area (Å²) < 4.78 is 4.33. The quantitative estimate of drug-likeness (QED) is 0.532. The Labute approximate surface area is 105 Å². The third-order valence-corrected chi connectivity index (χ3v) is 1.93. The predicted octanol–water partition coefficient (Wildman–Crippen LogP) is 2.55. The van der Waals surface area contributed by atoms with Crippen molar-refractivity contribution in [3.63, 3.8) is 0 Å². The number of hydrogen-bond donors (Lipinski definition) is 0. The molecule has 4 heteroatoms. The van der Waals surface area contributed by atoms with Gasteiger partial charge < -0.3 is 3.83 Å². The van der Waals surface area contributed by atoms with E-state index in [1.807, 2.05) is 0 Å². The summed E-state index contributed by atoms with van der Waals surface area (Å²) in [6, 6.07) is 0. The Bertz CT molecular complexity index is 109. The van der Waals surface area contributed by atoms with E-state index in [0.29, 0.717) is 6.42 Å². The molecule has 0 N–H and O–H groups in total. The van der Waals surface area contributed by atoms with Gasteiger partial charge in [0.25, 0.3) is 0 Å². The van der Waals surface area contributed by atoms with Gasteiger partial charge in [-0.05, 0) is 6.42 Å². The number of carbonyl (C=O) groups is 1. The van der Waals surface area contributed by atoms with Crippen molar-refractivity contribution in [2.24, 2.45) is 0 Å². The molecule has 0 rings (SSSR count). The van der Waals surface area contributed by atoms with E-state index in [4.69, 9.17) is 0 Å². The van der Waals surface area contributed by atoms with E-state index in [1.165, 1.54) is 19.3 Å². The van der Waals surface area contributed by atoms with Crippen LogP contribution in [0.15, 0.2) is 0 Å². The fourth-order valence-corrected chi connectivity index (χ4v) is 1.07. The second-order valence-corrected chi connectivity index (χ2v) is 2.94. The second-order valence-electron chi connectivity index (χ2n) is 2.61. The zero-order valence-corrected chi connectivity index (χ0v) is 8.52. The fourth-order valence-electron chi connectivity index (χ4n) is 0.911. The molecule has 0 atom stereocenters. The van der Waals surface area contributed by atoms with Crippen LogP contribution in [0, 0.1) is 0 Å². The Hall–Kier alpha value is 0.950. The minimum atomic E-state index is -0.165. The fraction of sp³-hybridized carbons (Fsp3) is 0.875. The molecule has 68 valence electrons. The van der Waals surface area contributed by atoms with Gasteiger partial charge in [0.15, 0.2) is 16.3 Å². The van der Waals surface area contributed by atoms with Crippen molar-refractivity contribution < 1.29 is 8.62 Å². The molecule has 0 aliphatic rings. The number of unbranched alkanes of at least 4 members (excludes halogenated alkanes) is 4. The van der Waals surface area contributed by atoms with Crippen LogP contribution in [0.4, 0.5) is 0 Å². The average molecular weight is 247 g/mol. The molecule has 0 aromatic rings. The van der Waals surface area contributed by atoms with Crippen LogP contribution in [-0.2, 0) is 8.62 Å². The van der Waals surface area contributed by atoms with Crippen LogP contribution >= 0.6 is 16.3 Å². The Balaban J connectivity index is 0. The number of carbonyl (C=O) groups excluding carboxylic acids is 1. The van der Waals surface area contributed by atoms with E-state index in [9.17, 15) is 4.79 Å². The zero-order chi connectivity index (χ0) is 8.53. The molecule has 0 amide bonds. The Morgan fingerprint density at radius 1 is 1.25 bits per heavy atom. The summed E-state index contributed by atoms with van der Waals surface area (Å²) in [7, 11) is 0. The minimum absolute atomic E-state index is 0. The molecular weight excluding hydrogens is 231 g/mol. The Morgan fingerprint density at radius 3 is 2.33 bits per heavy atom. The van der Waals surface area contributed by atoms with Gasteiger partial charge in [-0.15, -0.1) is 0 Å². The van der Waals surface area contributed by atoms with Gasteiger partial charge in [-0.1, -0.05) is 32.6 Å². The first-order valence-corrected chi connectivity index (χ1v) is 4.77. The van der Waals surface area contributed by atoms with Crippen LogP contribution in [0.5, 0.6) is 0 Å². The molecule has 0 aliphatic heterocycles. The van der Waals surface area contributed by atoms with Crippen LogP contribution < -0.4 is 0 Å². The van der Waals surface area contributed by atoms with Gasteiger partial charge in [0.05, 0.1) is 0 Å². The van der Waals surface area contributed by atoms with Crippen LogP contribution in [-0.4, -0.2) is 35.5 Å². The van der Waals surface area contributed by atoms with Gasteiger partial charge in [-0.25, -0.2) is 0 Å². The topological polar surface area (TPSA) is 26.3 Å². The van der Waals surface area contributed by atoms with Gasteiger partial charge in [-0.2, -0.15) is 0 Å². The van der Waals surface area contributed by atoms with Crippen molar-refractivity contribution in [1.29, 1.82) is 0 Å². The first kappa shape index (κ1) is 15.4. The second kappa shape index (κ2) is 11.9. The predicted molar refractivity (Wildman–Crippen MR) is 55.5 cm³/mol. The molecule has 0 unspecified atom stereocenters. The van der Waals surface area contributed by atoms with E-state index in [2.05, 4.69) is 27.0 Å². The molecule has 0 aliphatic carbocycles. The molecule has 0 radical (unpaired) electrons. The standard InChI is InChI=1S/C8H15BrO2.Na.H/c1-2-3-4-5-6-7-8(10)11-9;;/h2-7H2,1H3;;. The summed E-state index contributed by atoms with van der Waals surface area (Å²) >= 11 is 2.65. The molecular formula is C8H16BrNaO2. The van der Waals surface area contributed by atoms with E-state index in [1.54, 1.807) is 0 Å². The van der Waals surface area contributed by atoms with Gasteiger partial charge >= 0.3 is 35.5 Å². The Kier molecular flexibility index (Phi) is 15.4. The average Bonchev–Trinajstić information content (AvgIpc) is 2.04. The van der Waals surface area contributed by atoms with Crippen molar-refractivity contribution in [1.82, 2.24) is 0 Å². The summed E-state index contributed by atoms with van der Waals surface area (Å²) in [5, 5.41) is 0. The van der Waals surface area contributed by atoms with Gasteiger partial charge in [0.1, 0.15) is 0 Å². The van der Waals surface area contributed by atoms with E-state index >= 15 is 0 Å². The maximum atomic E-state index is 10.6. The van der Waals surface area contributed by atoms with E-state index in [0.717, 1.165) is 12.8 Å². The number of rotatable bonds is 6. The SMILES string of the molecule is CCCCCCCC(=O)OBr.[NaH]. The summed E-state index contributed by atoms with van der Waals surface area (Å²) in [5.41, 5.74) is 0. The summed E-state index contributed by atoms with van der Waals surface area (Å²) in [6.45, 7) is 2.17. The summed E-state index contributed by atoms with van der Waals surface area (Å²) in [4.78, 5) is 10.6. The van der Waals surface area contributed by atoms with Gasteiger partial charge in [0.2, 0.25) is 0 Å². The first-order chi connectivity index (χ1) is 5.31. The van der Waals surface area contributed by atoms with E-state index in [-0.39, 0.29) is 35.5 Å². The number of halogens is 1. The molecule has 0 saturated carbocycles. The van der Waals surface area contributed by atoms with Crippen molar-refractivity contribution in [3.8, 4) is 0 Å². The van der Waals surface area contributed by atoms with Crippen molar-refractivity contribution in [2.75, 3.05) is 0 Å². The molecule has 0 saturated heterocycles. The molecule has 0 fully saturated rings. The summed E-state index contributed by atoms with van der Waals surface area (Å²) in [6.07, 6.45) is 6.35. The maximum absolute atomic E-state index is 10.6. The van der Waals surface area contributed by atoms with Gasteiger partial charge in [0, 0.05) is 6.42 Å². The molecule has 2 nitrogen and oxygen atoms in total. The van der Waals surface area contributed by atoms with Crippen molar-refractivity contribution in [3.05, 3.63) is 0 Å². The first-order valence-electron chi connectivity index (χ1n) is 4.12. The van der Waals surface area contributed by atoms with E-state index < -0.39 is 0 Å². The number of hydrogen-bond acceptors (Lipinski definition) is 2. The van der Waals surface area contributed by atoms with Crippen LogP contribution in [0.1, 0.15) is 45.4 Å². The van der Waals surface area contributed by atoms with Crippen LogP contribution in [0.2, 0.25) is 0 Å². The Morgan fingerprint density at radius 2 is 1.83 bits per heavy atom. The zero-order valence-electron chi connectivity index (χ0n) is 6.94. The normalized spacial score (nSPS) is 8.83. The van der Waals surface area contributed by atoms with Gasteiger partial charge in [-0.3, -0.25) is 4.79 Å². The molecule has 0 aromatic heterocycles. The molecule has 0 aromatic carbocycles. The molecule has 12 heavy (non-hydrogen) atoms. The van der Waals surface area contributed by atoms with Crippen LogP contribution in [0.3, 0.4) is 0 Å². The summed E-state index contributed by atoms with van der Waals surface area (Å²) in [5.74, 6) is -0.165.